The lowest BCUT2D eigenvalue weighted by atomic mass is 9.85. The third-order valence-electron chi connectivity index (χ3n) is 4.97. The monoisotopic (exact) mass is 359 g/mol. The van der Waals surface area contributed by atoms with Crippen molar-refractivity contribution in [2.45, 2.75) is 39.2 Å². The number of hydrogen-bond acceptors (Lipinski definition) is 4. The first-order valence-corrected chi connectivity index (χ1v) is 8.83. The fraction of sp³-hybridized carbons (Fsp3) is 0.526. The minimum Gasteiger partial charge on any atom is -0.481 e. The van der Waals surface area contributed by atoms with Gasteiger partial charge in [-0.05, 0) is 23.5 Å². The number of likely N-dealkylation sites (tertiary alicyclic amines) is 1. The second-order valence-corrected chi connectivity index (χ2v) is 7.97. The number of aliphatic carboxylic acids is 1. The molecule has 0 radical (unpaired) electrons. The lowest BCUT2D eigenvalue weighted by Crippen LogP contribution is -2.34. The lowest BCUT2D eigenvalue weighted by molar-refractivity contribution is -0.140. The largest absolute Gasteiger partial charge is 0.481 e. The van der Waals surface area contributed by atoms with Crippen molar-refractivity contribution >= 4 is 17.5 Å². The number of rotatable bonds is 6. The first-order valence-electron chi connectivity index (χ1n) is 8.83. The maximum Gasteiger partial charge on any atom is 0.303 e. The van der Waals surface area contributed by atoms with E-state index in [0.717, 1.165) is 11.2 Å². The maximum absolute atomic E-state index is 12.5. The second-order valence-electron chi connectivity index (χ2n) is 7.97. The van der Waals surface area contributed by atoms with Crippen molar-refractivity contribution in [3.05, 3.63) is 36.3 Å². The molecule has 1 aliphatic rings. The first-order chi connectivity index (χ1) is 12.2. The molecule has 1 aliphatic heterocycles. The van der Waals surface area contributed by atoms with E-state index in [1.807, 2.05) is 28.9 Å². The van der Waals surface area contributed by atoms with Gasteiger partial charge in [-0.3, -0.25) is 9.59 Å². The molecule has 0 saturated carbocycles. The minimum absolute atomic E-state index is 0.0255. The van der Waals surface area contributed by atoms with E-state index in [0.29, 0.717) is 19.5 Å². The Morgan fingerprint density at radius 3 is 2.77 bits per heavy atom. The molecule has 3 heterocycles. The molecule has 3 rings (SSSR count). The van der Waals surface area contributed by atoms with E-state index < -0.39 is 17.5 Å². The number of amides is 1. The van der Waals surface area contributed by atoms with Crippen molar-refractivity contribution < 1.29 is 19.8 Å². The highest BCUT2D eigenvalue weighted by Gasteiger charge is 2.36. The van der Waals surface area contributed by atoms with Crippen LogP contribution in [-0.4, -0.2) is 55.6 Å². The zero-order valence-corrected chi connectivity index (χ0v) is 15.1. The summed E-state index contributed by atoms with van der Waals surface area (Å²) >= 11 is 0. The number of aliphatic hydroxyl groups is 1. The summed E-state index contributed by atoms with van der Waals surface area (Å²) in [5.41, 5.74) is 1.36. The van der Waals surface area contributed by atoms with E-state index in [1.165, 1.54) is 0 Å². The van der Waals surface area contributed by atoms with Crippen molar-refractivity contribution in [2.75, 3.05) is 13.1 Å². The van der Waals surface area contributed by atoms with E-state index in [1.54, 1.807) is 24.9 Å². The van der Waals surface area contributed by atoms with Crippen LogP contribution in [0.1, 0.15) is 32.3 Å². The van der Waals surface area contributed by atoms with Gasteiger partial charge < -0.3 is 19.5 Å². The van der Waals surface area contributed by atoms with Crippen LogP contribution in [0.5, 0.6) is 0 Å². The molecular formula is C19H25N3O4. The van der Waals surface area contributed by atoms with E-state index in [-0.39, 0.29) is 24.7 Å². The van der Waals surface area contributed by atoms with E-state index in [9.17, 15) is 14.7 Å². The van der Waals surface area contributed by atoms with Crippen LogP contribution >= 0.6 is 0 Å². The molecule has 2 N–H and O–H groups in total. The summed E-state index contributed by atoms with van der Waals surface area (Å²) in [4.78, 5) is 29.3. The van der Waals surface area contributed by atoms with Crippen LogP contribution in [0.15, 0.2) is 30.7 Å². The van der Waals surface area contributed by atoms with Gasteiger partial charge in [0, 0.05) is 44.0 Å². The fourth-order valence-corrected chi connectivity index (χ4v) is 3.64. The van der Waals surface area contributed by atoms with Crippen molar-refractivity contribution in [3.63, 3.8) is 0 Å². The molecule has 2 aromatic rings. The Kier molecular flexibility index (Phi) is 5.00. The van der Waals surface area contributed by atoms with Crippen LogP contribution in [0.25, 0.3) is 5.65 Å². The summed E-state index contributed by atoms with van der Waals surface area (Å²) in [5.74, 6) is -1.03. The van der Waals surface area contributed by atoms with Gasteiger partial charge in [-0.15, -0.1) is 0 Å². The molecule has 0 aliphatic carbocycles. The molecule has 0 spiro atoms. The predicted molar refractivity (Wildman–Crippen MR) is 95.6 cm³/mol. The van der Waals surface area contributed by atoms with E-state index >= 15 is 0 Å². The molecule has 2 atom stereocenters. The maximum atomic E-state index is 12.5. The zero-order valence-electron chi connectivity index (χ0n) is 15.1. The molecule has 0 unspecified atom stereocenters. The Hall–Kier alpha value is -2.41. The zero-order chi connectivity index (χ0) is 18.9. The number of nitrogens with zero attached hydrogens (tertiary/aromatic N) is 3. The highest BCUT2D eigenvalue weighted by Crippen LogP contribution is 2.29. The molecule has 140 valence electrons. The lowest BCUT2D eigenvalue weighted by Gasteiger charge is -2.25. The molecule has 7 nitrogen and oxygen atoms in total. The minimum atomic E-state index is -0.906. The normalized spacial score (nSPS) is 20.7. The number of carboxylic acids is 1. The number of carbonyl (C=O) groups excluding carboxylic acids is 1. The molecule has 26 heavy (non-hydrogen) atoms. The summed E-state index contributed by atoms with van der Waals surface area (Å²) in [7, 11) is 0. The molecule has 7 heteroatoms. The number of pyridine rings is 1. The van der Waals surface area contributed by atoms with Crippen LogP contribution in [0.4, 0.5) is 0 Å². The van der Waals surface area contributed by atoms with Crippen molar-refractivity contribution in [1.29, 1.82) is 0 Å². The van der Waals surface area contributed by atoms with Gasteiger partial charge in [0.1, 0.15) is 5.65 Å². The van der Waals surface area contributed by atoms with Crippen LogP contribution in [0, 0.1) is 11.3 Å². The average Bonchev–Trinajstić information content (AvgIpc) is 3.12. The standard InChI is InChI=1S/C19H25N3O4/c1-19(2,9-18(25)26)8-17(24)22-11-14(15(23)12-22)7-13-3-4-16-20-5-6-21(16)10-13/h3-6,10,14-15,23H,7-9,11-12H2,1-2H3,(H,25,26)/t14-,15+/m0/s1. The number of aliphatic hydroxyl groups excluding tert-OH is 1. The van der Waals surface area contributed by atoms with Crippen molar-refractivity contribution in [2.24, 2.45) is 11.3 Å². The number of fused-ring (bicyclic) bond motifs is 1. The third kappa shape index (κ3) is 4.22. The SMILES string of the molecule is CC(C)(CC(=O)O)CC(=O)N1C[C@H](Cc2ccc3nccn3c2)[C@H](O)C1. The second kappa shape index (κ2) is 7.07. The molecule has 1 fully saturated rings. The van der Waals surface area contributed by atoms with Crippen LogP contribution in [0.2, 0.25) is 0 Å². The number of β-amino-alcohol motifs (C(OH)–C–C–N with tert-alkyl or cyclic N) is 1. The molecule has 1 amide bonds. The number of aromatic nitrogens is 2. The number of carbonyl (C=O) groups is 2. The van der Waals surface area contributed by atoms with Gasteiger partial charge in [-0.25, -0.2) is 4.98 Å². The highest BCUT2D eigenvalue weighted by molar-refractivity contribution is 5.78. The Labute approximate surface area is 152 Å². The molecule has 0 aromatic carbocycles. The number of carboxylic acid groups (broad SMARTS) is 1. The van der Waals surface area contributed by atoms with Crippen LogP contribution in [0.3, 0.4) is 0 Å². The summed E-state index contributed by atoms with van der Waals surface area (Å²) in [6.45, 7) is 4.36. The van der Waals surface area contributed by atoms with Gasteiger partial charge in [0.15, 0.2) is 0 Å². The Balaban J connectivity index is 1.61. The summed E-state index contributed by atoms with van der Waals surface area (Å²) in [6.07, 6.45) is 5.84. The van der Waals surface area contributed by atoms with Gasteiger partial charge in [0.05, 0.1) is 12.5 Å². The Morgan fingerprint density at radius 2 is 2.04 bits per heavy atom. The molecule has 2 aromatic heterocycles. The molecule has 0 bridgehead atoms. The van der Waals surface area contributed by atoms with Crippen molar-refractivity contribution in [3.8, 4) is 0 Å². The quantitative estimate of drug-likeness (QED) is 0.817. The summed E-state index contributed by atoms with van der Waals surface area (Å²) in [5, 5.41) is 19.3. The van der Waals surface area contributed by atoms with Crippen LogP contribution in [-0.2, 0) is 16.0 Å². The Bertz CT molecular complexity index is 814. The fourth-order valence-electron chi connectivity index (χ4n) is 3.64. The van der Waals surface area contributed by atoms with Gasteiger partial charge in [-0.1, -0.05) is 19.9 Å². The van der Waals surface area contributed by atoms with Gasteiger partial charge in [-0.2, -0.15) is 0 Å². The van der Waals surface area contributed by atoms with Gasteiger partial charge in [0.2, 0.25) is 5.91 Å². The number of hydrogen-bond donors (Lipinski definition) is 2. The molecule has 1 saturated heterocycles. The van der Waals surface area contributed by atoms with Gasteiger partial charge in [0.25, 0.3) is 0 Å². The number of imidazole rings is 1. The van der Waals surface area contributed by atoms with Crippen molar-refractivity contribution in [1.82, 2.24) is 14.3 Å². The predicted octanol–water partition coefficient (Wildman–Crippen LogP) is 1.59. The first kappa shape index (κ1) is 18.4. The van der Waals surface area contributed by atoms with E-state index in [4.69, 9.17) is 5.11 Å². The Morgan fingerprint density at radius 1 is 1.27 bits per heavy atom. The third-order valence-corrected chi connectivity index (χ3v) is 4.97. The average molecular weight is 359 g/mol. The summed E-state index contributed by atoms with van der Waals surface area (Å²) < 4.78 is 1.94. The van der Waals surface area contributed by atoms with E-state index in [2.05, 4.69) is 4.98 Å². The van der Waals surface area contributed by atoms with Crippen LogP contribution < -0.4 is 0 Å². The molecular weight excluding hydrogens is 334 g/mol. The highest BCUT2D eigenvalue weighted by atomic mass is 16.4. The van der Waals surface area contributed by atoms with Gasteiger partial charge >= 0.3 is 5.97 Å². The smallest absolute Gasteiger partial charge is 0.303 e. The topological polar surface area (TPSA) is 95.1 Å². The summed E-state index contributed by atoms with van der Waals surface area (Å²) in [6, 6.07) is 3.93.